The third-order valence-electron chi connectivity index (χ3n) is 3.73. The summed E-state index contributed by atoms with van der Waals surface area (Å²) in [6, 6.07) is 9.90. The Labute approximate surface area is 105 Å². The van der Waals surface area contributed by atoms with Gasteiger partial charge in [0.15, 0.2) is 0 Å². The van der Waals surface area contributed by atoms with Gasteiger partial charge in [-0.1, -0.05) is 38.1 Å². The van der Waals surface area contributed by atoms with Crippen LogP contribution in [0.1, 0.15) is 31.0 Å². The molecule has 0 heterocycles. The predicted molar refractivity (Wildman–Crippen MR) is 73.2 cm³/mol. The molecule has 1 aliphatic carbocycles. The minimum Gasteiger partial charge on any atom is -0.312 e. The highest BCUT2D eigenvalue weighted by molar-refractivity contribution is 5.37. The van der Waals surface area contributed by atoms with Crippen molar-refractivity contribution < 1.29 is 0 Å². The van der Waals surface area contributed by atoms with Gasteiger partial charge in [-0.2, -0.15) is 0 Å². The quantitative estimate of drug-likeness (QED) is 0.858. The monoisotopic (exact) mass is 232 g/mol. The highest BCUT2D eigenvalue weighted by atomic mass is 15.2. The zero-order valence-electron chi connectivity index (χ0n) is 11.4. The molecule has 0 fully saturated rings. The number of nitrogens with one attached hydrogen (secondary N) is 1. The molecule has 2 rings (SSSR count). The molecule has 94 valence electrons. The van der Waals surface area contributed by atoms with Crippen molar-refractivity contribution in [2.45, 2.75) is 32.4 Å². The van der Waals surface area contributed by atoms with Gasteiger partial charge >= 0.3 is 0 Å². The van der Waals surface area contributed by atoms with E-state index < -0.39 is 0 Å². The molecule has 0 spiro atoms. The smallest absolute Gasteiger partial charge is 0.0481 e. The normalized spacial score (nSPS) is 23.4. The number of nitrogens with zero attached hydrogens (tertiary/aromatic N) is 1. The Hall–Kier alpha value is -0.860. The largest absolute Gasteiger partial charge is 0.312 e. The van der Waals surface area contributed by atoms with Crippen LogP contribution in [0.5, 0.6) is 0 Å². The van der Waals surface area contributed by atoms with Crippen molar-refractivity contribution >= 4 is 0 Å². The minimum atomic E-state index is 0.481. The van der Waals surface area contributed by atoms with E-state index in [9.17, 15) is 0 Å². The van der Waals surface area contributed by atoms with Gasteiger partial charge in [0.25, 0.3) is 0 Å². The Morgan fingerprint density at radius 3 is 2.71 bits per heavy atom. The van der Waals surface area contributed by atoms with E-state index in [4.69, 9.17) is 0 Å². The topological polar surface area (TPSA) is 15.3 Å². The molecule has 0 saturated heterocycles. The molecule has 0 aliphatic heterocycles. The van der Waals surface area contributed by atoms with Crippen molar-refractivity contribution in [2.24, 2.45) is 5.92 Å². The Kier molecular flexibility index (Phi) is 3.85. The first-order valence-electron chi connectivity index (χ1n) is 6.58. The Morgan fingerprint density at radius 1 is 1.35 bits per heavy atom. The first kappa shape index (κ1) is 12.6. The van der Waals surface area contributed by atoms with Crippen LogP contribution in [0.25, 0.3) is 0 Å². The third kappa shape index (κ3) is 2.53. The van der Waals surface area contributed by atoms with Gasteiger partial charge in [-0.15, -0.1) is 0 Å². The molecular formula is C15H24N2. The highest BCUT2D eigenvalue weighted by Gasteiger charge is 2.33. The van der Waals surface area contributed by atoms with E-state index in [1.807, 2.05) is 0 Å². The molecule has 2 atom stereocenters. The summed E-state index contributed by atoms with van der Waals surface area (Å²) in [5.74, 6) is 0.723. The lowest BCUT2D eigenvalue weighted by Crippen LogP contribution is -2.41. The predicted octanol–water partition coefficient (Wildman–Crippen LogP) is 2.46. The zero-order valence-corrected chi connectivity index (χ0v) is 11.4. The Bertz CT molecular complexity index is 373. The van der Waals surface area contributed by atoms with Crippen LogP contribution in [0.15, 0.2) is 24.3 Å². The van der Waals surface area contributed by atoms with E-state index >= 15 is 0 Å². The molecule has 1 aromatic carbocycles. The Balaban J connectivity index is 2.17. The van der Waals surface area contributed by atoms with Gasteiger partial charge in [0.2, 0.25) is 0 Å². The number of hydrogen-bond donors (Lipinski definition) is 1. The van der Waals surface area contributed by atoms with Crippen molar-refractivity contribution in [3.05, 3.63) is 35.4 Å². The molecular weight excluding hydrogens is 208 g/mol. The maximum atomic E-state index is 3.48. The SMILES string of the molecule is CNC1c2ccccc2CC1N(C)CC(C)C. The lowest BCUT2D eigenvalue weighted by Gasteiger charge is -2.31. The van der Waals surface area contributed by atoms with Crippen LogP contribution in [-0.4, -0.2) is 31.6 Å². The number of benzene rings is 1. The van der Waals surface area contributed by atoms with Gasteiger partial charge in [0.1, 0.15) is 0 Å². The van der Waals surface area contributed by atoms with E-state index in [1.165, 1.54) is 17.5 Å². The molecule has 2 unspecified atom stereocenters. The van der Waals surface area contributed by atoms with Crippen LogP contribution in [0.2, 0.25) is 0 Å². The van der Waals surface area contributed by atoms with Gasteiger partial charge in [0.05, 0.1) is 0 Å². The van der Waals surface area contributed by atoms with Crippen molar-refractivity contribution in [2.75, 3.05) is 20.6 Å². The fourth-order valence-corrected chi connectivity index (χ4v) is 3.04. The van der Waals surface area contributed by atoms with Gasteiger partial charge in [-0.25, -0.2) is 0 Å². The molecule has 1 aliphatic rings. The van der Waals surface area contributed by atoms with Crippen LogP contribution in [0, 0.1) is 5.92 Å². The summed E-state index contributed by atoms with van der Waals surface area (Å²) in [5, 5.41) is 3.48. The van der Waals surface area contributed by atoms with E-state index in [-0.39, 0.29) is 0 Å². The molecule has 0 amide bonds. The second kappa shape index (κ2) is 5.19. The zero-order chi connectivity index (χ0) is 12.4. The van der Waals surface area contributed by atoms with E-state index in [2.05, 4.69) is 62.4 Å². The van der Waals surface area contributed by atoms with Crippen molar-refractivity contribution in [3.8, 4) is 0 Å². The highest BCUT2D eigenvalue weighted by Crippen LogP contribution is 2.33. The molecule has 17 heavy (non-hydrogen) atoms. The molecule has 2 heteroatoms. The fourth-order valence-electron chi connectivity index (χ4n) is 3.04. The van der Waals surface area contributed by atoms with Crippen LogP contribution in [0.4, 0.5) is 0 Å². The van der Waals surface area contributed by atoms with Crippen molar-refractivity contribution in [3.63, 3.8) is 0 Å². The summed E-state index contributed by atoms with van der Waals surface area (Å²) in [6.45, 7) is 5.73. The first-order chi connectivity index (χ1) is 8.13. The summed E-state index contributed by atoms with van der Waals surface area (Å²) in [5.41, 5.74) is 2.99. The maximum absolute atomic E-state index is 3.48. The average Bonchev–Trinajstić information content (AvgIpc) is 2.66. The second-order valence-electron chi connectivity index (χ2n) is 5.57. The standard InChI is InChI=1S/C15H24N2/c1-11(2)10-17(4)14-9-12-7-5-6-8-13(12)15(14)16-3/h5-8,11,14-16H,9-10H2,1-4H3. The van der Waals surface area contributed by atoms with E-state index in [0.717, 1.165) is 12.5 Å². The summed E-state index contributed by atoms with van der Waals surface area (Å²) in [4.78, 5) is 2.51. The summed E-state index contributed by atoms with van der Waals surface area (Å²) < 4.78 is 0. The molecule has 0 saturated carbocycles. The van der Waals surface area contributed by atoms with Gasteiger partial charge < -0.3 is 10.2 Å². The van der Waals surface area contributed by atoms with Gasteiger partial charge in [-0.3, -0.25) is 0 Å². The molecule has 1 aromatic rings. The van der Waals surface area contributed by atoms with Crippen LogP contribution < -0.4 is 5.32 Å². The van der Waals surface area contributed by atoms with Crippen LogP contribution in [-0.2, 0) is 6.42 Å². The van der Waals surface area contributed by atoms with E-state index in [0.29, 0.717) is 12.1 Å². The van der Waals surface area contributed by atoms with E-state index in [1.54, 1.807) is 0 Å². The lowest BCUT2D eigenvalue weighted by atomic mass is 10.1. The average molecular weight is 232 g/mol. The minimum absolute atomic E-state index is 0.481. The van der Waals surface area contributed by atoms with Crippen LogP contribution >= 0.6 is 0 Å². The summed E-state index contributed by atoms with van der Waals surface area (Å²) in [7, 11) is 4.32. The molecule has 1 N–H and O–H groups in total. The second-order valence-corrected chi connectivity index (χ2v) is 5.57. The molecule has 0 bridgehead atoms. The molecule has 2 nitrogen and oxygen atoms in total. The number of fused-ring (bicyclic) bond motifs is 1. The first-order valence-corrected chi connectivity index (χ1v) is 6.58. The van der Waals surface area contributed by atoms with Crippen molar-refractivity contribution in [1.82, 2.24) is 10.2 Å². The Morgan fingerprint density at radius 2 is 2.06 bits per heavy atom. The molecule has 0 aromatic heterocycles. The number of likely N-dealkylation sites (N-methyl/N-ethyl adjacent to an activating group) is 2. The summed E-state index contributed by atoms with van der Waals surface area (Å²) >= 11 is 0. The molecule has 0 radical (unpaired) electrons. The maximum Gasteiger partial charge on any atom is 0.0481 e. The number of rotatable bonds is 4. The third-order valence-corrected chi connectivity index (χ3v) is 3.73. The number of hydrogen-bond acceptors (Lipinski definition) is 2. The lowest BCUT2D eigenvalue weighted by molar-refractivity contribution is 0.188. The van der Waals surface area contributed by atoms with Gasteiger partial charge in [0, 0.05) is 18.6 Å². The van der Waals surface area contributed by atoms with Gasteiger partial charge in [-0.05, 0) is 37.6 Å². The van der Waals surface area contributed by atoms with Crippen molar-refractivity contribution in [1.29, 1.82) is 0 Å². The summed E-state index contributed by atoms with van der Waals surface area (Å²) in [6.07, 6.45) is 1.17. The fraction of sp³-hybridized carbons (Fsp3) is 0.600. The van der Waals surface area contributed by atoms with Crippen LogP contribution in [0.3, 0.4) is 0 Å².